The second-order valence-electron chi connectivity index (χ2n) is 8.06. The van der Waals surface area contributed by atoms with E-state index in [1.807, 2.05) is 11.3 Å². The van der Waals surface area contributed by atoms with Crippen molar-refractivity contribution in [2.45, 2.75) is 32.2 Å². The van der Waals surface area contributed by atoms with Gasteiger partial charge in [-0.3, -0.25) is 0 Å². The number of aryl methyl sites for hydroxylation is 2. The van der Waals surface area contributed by atoms with Gasteiger partial charge < -0.3 is 10.2 Å². The summed E-state index contributed by atoms with van der Waals surface area (Å²) < 4.78 is 0. The molecule has 4 heteroatoms. The van der Waals surface area contributed by atoms with Crippen molar-refractivity contribution < 1.29 is 0 Å². The minimum atomic E-state index is 0.494. The lowest BCUT2D eigenvalue weighted by atomic mass is 10.0. The van der Waals surface area contributed by atoms with Gasteiger partial charge in [0.25, 0.3) is 0 Å². The van der Waals surface area contributed by atoms with Crippen LogP contribution in [0.15, 0.2) is 65.7 Å². The van der Waals surface area contributed by atoms with Gasteiger partial charge >= 0.3 is 0 Å². The van der Waals surface area contributed by atoms with E-state index in [1.165, 1.54) is 32.3 Å². The van der Waals surface area contributed by atoms with Crippen molar-refractivity contribution in [1.29, 1.82) is 0 Å². The highest BCUT2D eigenvalue weighted by molar-refractivity contribution is 7.12. The van der Waals surface area contributed by atoms with Gasteiger partial charge in [-0.25, -0.2) is 4.99 Å². The van der Waals surface area contributed by atoms with Gasteiger partial charge in [0.2, 0.25) is 0 Å². The Kier molecular flexibility index (Phi) is 5.21. The molecule has 1 saturated heterocycles. The van der Waals surface area contributed by atoms with Crippen LogP contribution in [0.1, 0.15) is 32.9 Å². The number of thiophene rings is 1. The molecular formula is C25H27N3S. The molecule has 0 bridgehead atoms. The van der Waals surface area contributed by atoms with Crippen LogP contribution in [0.2, 0.25) is 0 Å². The molecule has 1 unspecified atom stereocenters. The zero-order valence-corrected chi connectivity index (χ0v) is 17.7. The fourth-order valence-corrected chi connectivity index (χ4v) is 5.49. The summed E-state index contributed by atoms with van der Waals surface area (Å²) in [5.41, 5.74) is 5.22. The van der Waals surface area contributed by atoms with E-state index in [0.717, 1.165) is 44.6 Å². The van der Waals surface area contributed by atoms with E-state index >= 15 is 0 Å². The number of nitrogens with one attached hydrogen (secondary N) is 1. The molecule has 5 rings (SSSR count). The van der Waals surface area contributed by atoms with E-state index < -0.39 is 0 Å². The summed E-state index contributed by atoms with van der Waals surface area (Å²) in [7, 11) is 0. The number of nitrogens with zero attached hydrogens (tertiary/aromatic N) is 2. The van der Waals surface area contributed by atoms with E-state index in [4.69, 9.17) is 4.99 Å². The molecular weight excluding hydrogens is 374 g/mol. The minimum absolute atomic E-state index is 0.494. The van der Waals surface area contributed by atoms with E-state index in [-0.39, 0.29) is 0 Å². The monoisotopic (exact) mass is 401 g/mol. The second-order valence-corrected chi connectivity index (χ2v) is 9.40. The first kappa shape index (κ1) is 18.6. The maximum absolute atomic E-state index is 5.19. The summed E-state index contributed by atoms with van der Waals surface area (Å²) in [5.74, 6) is 1.17. The average Bonchev–Trinajstić information content (AvgIpc) is 3.04. The molecule has 3 aromatic rings. The molecule has 0 aliphatic carbocycles. The Hall–Kier alpha value is -2.43. The fourth-order valence-electron chi connectivity index (χ4n) is 4.44. The van der Waals surface area contributed by atoms with Crippen LogP contribution < -0.4 is 5.32 Å². The lowest BCUT2D eigenvalue weighted by molar-refractivity contribution is 0.282. The summed E-state index contributed by atoms with van der Waals surface area (Å²) in [5, 5.41) is 3.73. The summed E-state index contributed by atoms with van der Waals surface area (Å²) in [6, 6.07) is 22.3. The lowest BCUT2D eigenvalue weighted by Crippen LogP contribution is -2.52. The quantitative estimate of drug-likeness (QED) is 0.673. The Bertz CT molecular complexity index is 1020. The first-order valence-electron chi connectivity index (χ1n) is 10.5. The third-order valence-corrected chi connectivity index (χ3v) is 6.97. The Morgan fingerprint density at radius 1 is 1.10 bits per heavy atom. The SMILES string of the molecule is Cc1cc2c(s1)Cc1ccccc1N=C2N1CCNC(CCc2ccccc2)C1. The lowest BCUT2D eigenvalue weighted by Gasteiger charge is -2.36. The Morgan fingerprint density at radius 3 is 2.83 bits per heavy atom. The third kappa shape index (κ3) is 4.00. The number of amidine groups is 1. The van der Waals surface area contributed by atoms with E-state index in [2.05, 4.69) is 77.8 Å². The first-order chi connectivity index (χ1) is 14.3. The summed E-state index contributed by atoms with van der Waals surface area (Å²) in [4.78, 5) is 10.5. The van der Waals surface area contributed by atoms with Crippen LogP contribution in [-0.2, 0) is 12.8 Å². The van der Waals surface area contributed by atoms with Crippen LogP contribution in [0.25, 0.3) is 0 Å². The van der Waals surface area contributed by atoms with Crippen LogP contribution in [0, 0.1) is 6.92 Å². The van der Waals surface area contributed by atoms with Crippen molar-refractivity contribution in [1.82, 2.24) is 10.2 Å². The number of para-hydroxylation sites is 1. The third-order valence-electron chi connectivity index (χ3n) is 5.92. The Morgan fingerprint density at radius 2 is 1.93 bits per heavy atom. The predicted molar refractivity (Wildman–Crippen MR) is 123 cm³/mol. The van der Waals surface area contributed by atoms with Crippen molar-refractivity contribution >= 4 is 22.9 Å². The molecule has 148 valence electrons. The highest BCUT2D eigenvalue weighted by Crippen LogP contribution is 2.34. The summed E-state index contributed by atoms with van der Waals surface area (Å²) in [6.07, 6.45) is 3.25. The van der Waals surface area contributed by atoms with Crippen molar-refractivity contribution in [3.63, 3.8) is 0 Å². The zero-order chi connectivity index (χ0) is 19.6. The maximum Gasteiger partial charge on any atom is 0.137 e. The number of piperazine rings is 1. The molecule has 0 radical (unpaired) electrons. The average molecular weight is 402 g/mol. The van der Waals surface area contributed by atoms with Crippen LogP contribution >= 0.6 is 11.3 Å². The summed E-state index contributed by atoms with van der Waals surface area (Å²) >= 11 is 1.92. The first-order valence-corrected chi connectivity index (χ1v) is 11.4. The Balaban J connectivity index is 1.40. The van der Waals surface area contributed by atoms with Gasteiger partial charge in [0.05, 0.1) is 5.69 Å². The van der Waals surface area contributed by atoms with Gasteiger partial charge in [-0.05, 0) is 43.0 Å². The summed E-state index contributed by atoms with van der Waals surface area (Å²) in [6.45, 7) is 5.25. The van der Waals surface area contributed by atoms with E-state index in [0.29, 0.717) is 6.04 Å². The zero-order valence-electron chi connectivity index (χ0n) is 16.9. The largest absolute Gasteiger partial charge is 0.353 e. The van der Waals surface area contributed by atoms with Gasteiger partial charge in [-0.15, -0.1) is 11.3 Å². The van der Waals surface area contributed by atoms with Crippen molar-refractivity contribution in [3.05, 3.63) is 87.1 Å². The molecule has 0 amide bonds. The number of hydrogen-bond acceptors (Lipinski definition) is 4. The molecule has 3 heterocycles. The van der Waals surface area contributed by atoms with Gasteiger partial charge in [0.1, 0.15) is 5.84 Å². The molecule has 1 atom stereocenters. The molecule has 2 aliphatic heterocycles. The van der Waals surface area contributed by atoms with Crippen LogP contribution in [0.4, 0.5) is 5.69 Å². The van der Waals surface area contributed by atoms with Gasteiger partial charge in [-0.2, -0.15) is 0 Å². The van der Waals surface area contributed by atoms with E-state index in [1.54, 1.807) is 0 Å². The number of hydrogen-bond donors (Lipinski definition) is 1. The smallest absolute Gasteiger partial charge is 0.137 e. The van der Waals surface area contributed by atoms with Gasteiger partial charge in [0.15, 0.2) is 0 Å². The molecule has 1 aromatic heterocycles. The van der Waals surface area contributed by atoms with Crippen LogP contribution in [0.5, 0.6) is 0 Å². The van der Waals surface area contributed by atoms with Gasteiger partial charge in [0, 0.05) is 47.4 Å². The molecule has 0 saturated carbocycles. The minimum Gasteiger partial charge on any atom is -0.353 e. The van der Waals surface area contributed by atoms with Crippen molar-refractivity contribution in [2.75, 3.05) is 19.6 Å². The molecule has 3 nitrogen and oxygen atoms in total. The topological polar surface area (TPSA) is 27.6 Å². The van der Waals surface area contributed by atoms with Crippen LogP contribution in [0.3, 0.4) is 0 Å². The Labute approximate surface area is 177 Å². The number of benzene rings is 2. The maximum atomic E-state index is 5.19. The molecule has 1 N–H and O–H groups in total. The highest BCUT2D eigenvalue weighted by Gasteiger charge is 2.27. The van der Waals surface area contributed by atoms with Crippen molar-refractivity contribution in [3.8, 4) is 0 Å². The fraction of sp³-hybridized carbons (Fsp3) is 0.320. The number of rotatable bonds is 3. The standard InChI is InChI=1S/C25H27N3S/c1-18-15-22-24(29-18)16-20-9-5-6-10-23(20)27-25(22)28-14-13-26-21(17-28)12-11-19-7-3-2-4-8-19/h2-10,15,21,26H,11-14,16-17H2,1H3. The molecule has 2 aromatic carbocycles. The molecule has 1 fully saturated rings. The number of fused-ring (bicyclic) bond motifs is 2. The van der Waals surface area contributed by atoms with Crippen molar-refractivity contribution in [2.24, 2.45) is 4.99 Å². The second kappa shape index (κ2) is 8.13. The van der Waals surface area contributed by atoms with E-state index in [9.17, 15) is 0 Å². The number of aliphatic imine (C=N–C) groups is 1. The molecule has 29 heavy (non-hydrogen) atoms. The molecule has 0 spiro atoms. The van der Waals surface area contributed by atoms with Gasteiger partial charge in [-0.1, -0.05) is 48.5 Å². The molecule has 2 aliphatic rings. The van der Waals surface area contributed by atoms with Crippen LogP contribution in [-0.4, -0.2) is 36.4 Å². The highest BCUT2D eigenvalue weighted by atomic mass is 32.1. The predicted octanol–water partition coefficient (Wildman–Crippen LogP) is 4.95. The normalized spacial score (nSPS) is 18.6.